The fourth-order valence-corrected chi connectivity index (χ4v) is 5.10. The van der Waals surface area contributed by atoms with E-state index in [1.807, 2.05) is 30.3 Å². The Hall–Kier alpha value is -4.40. The molecule has 3 aromatic carbocycles. The van der Waals surface area contributed by atoms with Crippen LogP contribution in [0.1, 0.15) is 36.1 Å². The molecule has 5 rings (SSSR count). The van der Waals surface area contributed by atoms with Crippen LogP contribution in [-0.4, -0.2) is 34.0 Å². The summed E-state index contributed by atoms with van der Waals surface area (Å²) in [4.78, 5) is 25.6. The molecule has 1 unspecified atom stereocenters. The number of aryl methyl sites for hydroxylation is 1. The summed E-state index contributed by atoms with van der Waals surface area (Å²) in [6, 6.07) is 12.5. The van der Waals surface area contributed by atoms with Gasteiger partial charge in [-0.2, -0.15) is 0 Å². The summed E-state index contributed by atoms with van der Waals surface area (Å²) in [6.07, 6.45) is 1.24. The summed E-state index contributed by atoms with van der Waals surface area (Å²) >= 11 is 0. The average Bonchev–Trinajstić information content (AvgIpc) is 3.26. The number of carbonyl (C=O) groups excluding carboxylic acids is 1. The normalized spacial score (nSPS) is 15.0. The zero-order valence-corrected chi connectivity index (χ0v) is 21.8. The van der Waals surface area contributed by atoms with Crippen molar-refractivity contribution < 1.29 is 28.5 Å². The number of fused-ring (bicyclic) bond motifs is 4. The van der Waals surface area contributed by atoms with Crippen molar-refractivity contribution in [2.24, 2.45) is 0 Å². The van der Waals surface area contributed by atoms with Crippen LogP contribution in [-0.2, 0) is 17.8 Å². The molecule has 0 fully saturated rings. The molecule has 0 bridgehead atoms. The standard InChI is InChI=1S/C29H30N2O7/c1-16(32)31-21-8-6-18-12-26(34-2)28(35-3)29(36-4)27(18)19-7-9-22(23(33)13-20(19)21)30-14-17-5-10-24-25(11-17)38-15-37-24/h5,7,9-13,21H,6,8,14-15H2,1-4H3,(H,30,33)(H,31,32). The van der Waals surface area contributed by atoms with Crippen LogP contribution in [0.5, 0.6) is 28.7 Å². The van der Waals surface area contributed by atoms with Crippen LogP contribution in [0.4, 0.5) is 5.69 Å². The molecule has 1 heterocycles. The van der Waals surface area contributed by atoms with Gasteiger partial charge >= 0.3 is 0 Å². The van der Waals surface area contributed by atoms with Crippen LogP contribution in [0.25, 0.3) is 11.1 Å². The lowest BCUT2D eigenvalue weighted by Gasteiger charge is -2.19. The number of hydrogen-bond donors (Lipinski definition) is 2. The molecular weight excluding hydrogens is 488 g/mol. The van der Waals surface area contributed by atoms with Gasteiger partial charge < -0.3 is 34.3 Å². The Morgan fingerprint density at radius 3 is 2.50 bits per heavy atom. The van der Waals surface area contributed by atoms with Crippen LogP contribution in [0.15, 0.2) is 47.3 Å². The fraction of sp³-hybridized carbons (Fsp3) is 0.310. The molecule has 198 valence electrons. The molecule has 0 saturated heterocycles. The minimum absolute atomic E-state index is 0.172. The monoisotopic (exact) mass is 518 g/mol. The van der Waals surface area contributed by atoms with Crippen LogP contribution in [0.2, 0.25) is 0 Å². The third kappa shape index (κ3) is 4.67. The molecular formula is C29H30N2O7. The first-order chi connectivity index (χ1) is 18.4. The van der Waals surface area contributed by atoms with Crippen molar-refractivity contribution >= 4 is 11.6 Å². The molecule has 2 N–H and O–H groups in total. The molecule has 9 nitrogen and oxygen atoms in total. The minimum Gasteiger partial charge on any atom is -0.493 e. The zero-order chi connectivity index (χ0) is 26.8. The molecule has 1 aliphatic carbocycles. The van der Waals surface area contributed by atoms with Crippen LogP contribution < -0.4 is 39.7 Å². The van der Waals surface area contributed by atoms with Crippen LogP contribution in [0.3, 0.4) is 0 Å². The van der Waals surface area contributed by atoms with Crippen molar-refractivity contribution in [2.75, 3.05) is 33.4 Å². The van der Waals surface area contributed by atoms with Crippen molar-refractivity contribution in [1.29, 1.82) is 0 Å². The molecule has 1 atom stereocenters. The number of ether oxygens (including phenoxy) is 5. The summed E-state index contributed by atoms with van der Waals surface area (Å²) in [5.41, 5.74) is 4.46. The highest BCUT2D eigenvalue weighted by Crippen LogP contribution is 2.50. The maximum atomic E-state index is 13.4. The van der Waals surface area contributed by atoms with Gasteiger partial charge in [0.15, 0.2) is 23.0 Å². The second-order valence-corrected chi connectivity index (χ2v) is 9.14. The number of methoxy groups -OCH3 is 3. The Kier molecular flexibility index (Phi) is 7.00. The molecule has 0 saturated carbocycles. The predicted molar refractivity (Wildman–Crippen MR) is 143 cm³/mol. The highest BCUT2D eigenvalue weighted by Gasteiger charge is 2.29. The van der Waals surface area contributed by atoms with E-state index < -0.39 is 0 Å². The Morgan fingerprint density at radius 2 is 1.76 bits per heavy atom. The number of carbonyl (C=O) groups is 1. The maximum absolute atomic E-state index is 13.4. The van der Waals surface area contributed by atoms with Gasteiger partial charge in [0.05, 0.1) is 33.1 Å². The average molecular weight is 519 g/mol. The molecule has 38 heavy (non-hydrogen) atoms. The predicted octanol–water partition coefficient (Wildman–Crippen LogP) is 4.20. The highest BCUT2D eigenvalue weighted by molar-refractivity contribution is 5.83. The van der Waals surface area contributed by atoms with E-state index in [9.17, 15) is 9.59 Å². The first-order valence-corrected chi connectivity index (χ1v) is 12.3. The van der Waals surface area contributed by atoms with Gasteiger partial charge in [-0.15, -0.1) is 0 Å². The van der Waals surface area contributed by atoms with E-state index >= 15 is 0 Å². The maximum Gasteiger partial charge on any atom is 0.231 e. The largest absolute Gasteiger partial charge is 0.493 e. The van der Waals surface area contributed by atoms with Gasteiger partial charge in [0.2, 0.25) is 23.9 Å². The van der Waals surface area contributed by atoms with Gasteiger partial charge in [-0.05, 0) is 65.4 Å². The van der Waals surface area contributed by atoms with E-state index in [4.69, 9.17) is 23.7 Å². The van der Waals surface area contributed by atoms with E-state index in [0.29, 0.717) is 59.4 Å². The number of benzene rings is 2. The second-order valence-electron chi connectivity index (χ2n) is 9.14. The Balaban J connectivity index is 1.61. The molecule has 0 spiro atoms. The van der Waals surface area contributed by atoms with Gasteiger partial charge in [0.25, 0.3) is 0 Å². The highest BCUT2D eigenvalue weighted by atomic mass is 16.7. The number of rotatable bonds is 7. The third-order valence-electron chi connectivity index (χ3n) is 6.84. The van der Waals surface area contributed by atoms with Crippen molar-refractivity contribution in [2.45, 2.75) is 32.4 Å². The summed E-state index contributed by atoms with van der Waals surface area (Å²) in [7, 11) is 4.72. The lowest BCUT2D eigenvalue weighted by Crippen LogP contribution is -2.26. The van der Waals surface area contributed by atoms with E-state index in [2.05, 4.69) is 10.6 Å². The quantitative estimate of drug-likeness (QED) is 0.480. The number of hydrogen-bond acceptors (Lipinski definition) is 8. The number of anilines is 1. The van der Waals surface area contributed by atoms with E-state index in [1.54, 1.807) is 33.5 Å². The van der Waals surface area contributed by atoms with Gasteiger partial charge in [-0.3, -0.25) is 9.59 Å². The Bertz CT molecular complexity index is 1450. The van der Waals surface area contributed by atoms with E-state index in [-0.39, 0.29) is 24.2 Å². The van der Waals surface area contributed by atoms with Crippen molar-refractivity contribution in [3.63, 3.8) is 0 Å². The van der Waals surface area contributed by atoms with Crippen LogP contribution >= 0.6 is 0 Å². The van der Waals surface area contributed by atoms with E-state index in [0.717, 1.165) is 22.3 Å². The third-order valence-corrected chi connectivity index (χ3v) is 6.84. The van der Waals surface area contributed by atoms with Gasteiger partial charge in [0.1, 0.15) is 0 Å². The zero-order valence-electron chi connectivity index (χ0n) is 21.8. The van der Waals surface area contributed by atoms with Crippen molar-refractivity contribution in [3.8, 4) is 39.9 Å². The Labute approximate surface area is 220 Å². The minimum atomic E-state index is -0.363. The van der Waals surface area contributed by atoms with Crippen molar-refractivity contribution in [3.05, 3.63) is 69.4 Å². The summed E-state index contributed by atoms with van der Waals surface area (Å²) in [5.74, 6) is 2.75. The molecule has 1 amide bonds. The van der Waals surface area contributed by atoms with Gasteiger partial charge in [-0.1, -0.05) is 12.1 Å². The molecule has 1 aliphatic heterocycles. The summed E-state index contributed by atoms with van der Waals surface area (Å²) < 4.78 is 27.9. The second kappa shape index (κ2) is 10.5. The lowest BCUT2D eigenvalue weighted by molar-refractivity contribution is -0.119. The summed E-state index contributed by atoms with van der Waals surface area (Å²) in [5, 5.41) is 6.28. The van der Waals surface area contributed by atoms with Crippen LogP contribution in [0, 0.1) is 0 Å². The number of amides is 1. The number of nitrogens with one attached hydrogen (secondary N) is 2. The Morgan fingerprint density at radius 1 is 0.974 bits per heavy atom. The first-order valence-electron chi connectivity index (χ1n) is 12.3. The van der Waals surface area contributed by atoms with Gasteiger partial charge in [-0.25, -0.2) is 0 Å². The molecule has 2 aliphatic rings. The first kappa shape index (κ1) is 25.3. The topological polar surface area (TPSA) is 104 Å². The molecule has 9 heteroatoms. The van der Waals surface area contributed by atoms with Crippen molar-refractivity contribution in [1.82, 2.24) is 5.32 Å². The summed E-state index contributed by atoms with van der Waals surface area (Å²) in [6.45, 7) is 2.10. The molecule has 0 radical (unpaired) electrons. The molecule has 3 aromatic rings. The lowest BCUT2D eigenvalue weighted by atomic mass is 9.95. The fourth-order valence-electron chi connectivity index (χ4n) is 5.10. The smallest absolute Gasteiger partial charge is 0.231 e. The molecule has 0 aromatic heterocycles. The SMILES string of the molecule is COc1cc2c(c(OC)c1OC)-c1ccc(NCc3ccc4c(c3)OCO4)c(=O)cc1C(NC(C)=O)CC2. The van der Waals surface area contributed by atoms with Gasteiger partial charge in [0, 0.05) is 19.0 Å². The van der Waals surface area contributed by atoms with E-state index in [1.165, 1.54) is 6.92 Å².